The van der Waals surface area contributed by atoms with Crippen molar-refractivity contribution in [3.05, 3.63) is 29.3 Å². The van der Waals surface area contributed by atoms with Crippen molar-refractivity contribution in [2.45, 2.75) is 6.42 Å². The summed E-state index contributed by atoms with van der Waals surface area (Å²) < 4.78 is 5.37. The first-order valence-corrected chi connectivity index (χ1v) is 6.01. The van der Waals surface area contributed by atoms with Crippen LogP contribution >= 0.6 is 0 Å². The fourth-order valence-corrected chi connectivity index (χ4v) is 2.28. The van der Waals surface area contributed by atoms with E-state index in [9.17, 15) is 14.4 Å². The molecule has 1 aromatic rings. The molecule has 98 valence electrons. The normalized spacial score (nSPS) is 17.8. The monoisotopic (exact) mass is 260 g/mol. The van der Waals surface area contributed by atoms with Crippen molar-refractivity contribution >= 4 is 17.7 Å². The van der Waals surface area contributed by atoms with E-state index in [1.54, 1.807) is 18.2 Å². The molecule has 6 nitrogen and oxygen atoms in total. The molecule has 1 saturated heterocycles. The highest BCUT2D eigenvalue weighted by atomic mass is 16.5. The van der Waals surface area contributed by atoms with E-state index < -0.39 is 11.8 Å². The van der Waals surface area contributed by atoms with Crippen LogP contribution in [0.1, 0.15) is 15.9 Å². The molecule has 0 aromatic heterocycles. The van der Waals surface area contributed by atoms with Gasteiger partial charge in [0.1, 0.15) is 18.8 Å². The lowest BCUT2D eigenvalue weighted by atomic mass is 10.1. The van der Waals surface area contributed by atoms with Crippen LogP contribution in [0, 0.1) is 0 Å². The van der Waals surface area contributed by atoms with Crippen molar-refractivity contribution in [3.8, 4) is 5.75 Å². The second kappa shape index (κ2) is 4.38. The SMILES string of the molecule is O=C1CN(C(=O)c2ccc3c(c2)CCO3)CC(=O)N1. The van der Waals surface area contributed by atoms with Crippen LogP contribution in [-0.2, 0) is 16.0 Å². The van der Waals surface area contributed by atoms with Crippen LogP contribution in [0.15, 0.2) is 18.2 Å². The van der Waals surface area contributed by atoms with Gasteiger partial charge in [0.25, 0.3) is 5.91 Å². The molecule has 0 saturated carbocycles. The number of imide groups is 1. The van der Waals surface area contributed by atoms with Gasteiger partial charge in [-0.3, -0.25) is 19.7 Å². The molecule has 0 atom stereocenters. The molecule has 0 unspecified atom stereocenters. The van der Waals surface area contributed by atoms with Crippen molar-refractivity contribution in [3.63, 3.8) is 0 Å². The maximum atomic E-state index is 12.2. The number of rotatable bonds is 1. The Morgan fingerprint density at radius 3 is 2.68 bits per heavy atom. The second-order valence-electron chi connectivity index (χ2n) is 4.55. The average Bonchev–Trinajstić information content (AvgIpc) is 2.83. The summed E-state index contributed by atoms with van der Waals surface area (Å²) in [7, 11) is 0. The largest absolute Gasteiger partial charge is 0.493 e. The third kappa shape index (κ3) is 2.16. The summed E-state index contributed by atoms with van der Waals surface area (Å²) in [6.45, 7) is 0.452. The van der Waals surface area contributed by atoms with Gasteiger partial charge in [0.05, 0.1) is 6.61 Å². The minimum Gasteiger partial charge on any atom is -0.493 e. The third-order valence-electron chi connectivity index (χ3n) is 3.17. The van der Waals surface area contributed by atoms with E-state index in [-0.39, 0.29) is 19.0 Å². The Hall–Kier alpha value is -2.37. The van der Waals surface area contributed by atoms with E-state index in [1.807, 2.05) is 0 Å². The number of hydrogen-bond acceptors (Lipinski definition) is 4. The van der Waals surface area contributed by atoms with Gasteiger partial charge in [-0.1, -0.05) is 0 Å². The van der Waals surface area contributed by atoms with Crippen molar-refractivity contribution in [2.24, 2.45) is 0 Å². The topological polar surface area (TPSA) is 75.7 Å². The summed E-state index contributed by atoms with van der Waals surface area (Å²) in [6.07, 6.45) is 0.774. The molecule has 0 bridgehead atoms. The number of piperazine rings is 1. The minimum absolute atomic E-state index is 0.0852. The Bertz CT molecular complexity index is 566. The van der Waals surface area contributed by atoms with Crippen LogP contribution in [0.25, 0.3) is 0 Å². The molecule has 2 aliphatic heterocycles. The highest BCUT2D eigenvalue weighted by Crippen LogP contribution is 2.26. The minimum atomic E-state index is -0.450. The Morgan fingerprint density at radius 2 is 1.95 bits per heavy atom. The van der Waals surface area contributed by atoms with Crippen molar-refractivity contribution in [1.82, 2.24) is 10.2 Å². The van der Waals surface area contributed by atoms with E-state index in [0.29, 0.717) is 12.2 Å². The summed E-state index contributed by atoms with van der Waals surface area (Å²) in [5.41, 5.74) is 1.46. The number of amides is 3. The van der Waals surface area contributed by atoms with Gasteiger partial charge in [-0.05, 0) is 23.8 Å². The van der Waals surface area contributed by atoms with E-state index in [1.165, 1.54) is 4.90 Å². The van der Waals surface area contributed by atoms with Gasteiger partial charge in [-0.2, -0.15) is 0 Å². The van der Waals surface area contributed by atoms with Crippen LogP contribution in [-0.4, -0.2) is 42.3 Å². The summed E-state index contributed by atoms with van der Waals surface area (Å²) >= 11 is 0. The molecule has 19 heavy (non-hydrogen) atoms. The molecule has 6 heteroatoms. The zero-order valence-corrected chi connectivity index (χ0v) is 10.1. The molecular weight excluding hydrogens is 248 g/mol. The molecule has 0 spiro atoms. The second-order valence-corrected chi connectivity index (χ2v) is 4.55. The fraction of sp³-hybridized carbons (Fsp3) is 0.308. The van der Waals surface area contributed by atoms with Crippen LogP contribution < -0.4 is 10.1 Å². The first kappa shape index (κ1) is 11.7. The third-order valence-corrected chi connectivity index (χ3v) is 3.17. The van der Waals surface area contributed by atoms with Gasteiger partial charge in [-0.25, -0.2) is 0 Å². The number of benzene rings is 1. The average molecular weight is 260 g/mol. The van der Waals surface area contributed by atoms with E-state index >= 15 is 0 Å². The zero-order chi connectivity index (χ0) is 13.4. The van der Waals surface area contributed by atoms with Gasteiger partial charge in [-0.15, -0.1) is 0 Å². The van der Waals surface area contributed by atoms with Crippen molar-refractivity contribution in [2.75, 3.05) is 19.7 Å². The number of ether oxygens (including phenoxy) is 1. The zero-order valence-electron chi connectivity index (χ0n) is 10.1. The first-order valence-electron chi connectivity index (χ1n) is 6.01. The molecule has 1 N–H and O–H groups in total. The fourth-order valence-electron chi connectivity index (χ4n) is 2.28. The summed E-state index contributed by atoms with van der Waals surface area (Å²) in [5, 5.41) is 2.17. The summed E-state index contributed by atoms with van der Waals surface area (Å²) in [4.78, 5) is 36.0. The Balaban J connectivity index is 1.83. The van der Waals surface area contributed by atoms with Crippen molar-refractivity contribution < 1.29 is 19.1 Å². The highest BCUT2D eigenvalue weighted by Gasteiger charge is 2.27. The molecule has 2 heterocycles. The standard InChI is InChI=1S/C13H12N2O4/c16-11-6-15(7-12(17)14-11)13(18)9-1-2-10-8(5-9)3-4-19-10/h1-2,5H,3-4,6-7H2,(H,14,16,17). The van der Waals surface area contributed by atoms with E-state index in [0.717, 1.165) is 17.7 Å². The lowest BCUT2D eigenvalue weighted by molar-refractivity contribution is -0.135. The van der Waals surface area contributed by atoms with Gasteiger partial charge in [0.2, 0.25) is 11.8 Å². The van der Waals surface area contributed by atoms with Crippen LogP contribution in [0.4, 0.5) is 0 Å². The number of nitrogens with zero attached hydrogens (tertiary/aromatic N) is 1. The van der Waals surface area contributed by atoms with Gasteiger partial charge in [0.15, 0.2) is 0 Å². The summed E-state index contributed by atoms with van der Waals surface area (Å²) in [6, 6.07) is 5.17. The predicted molar refractivity (Wildman–Crippen MR) is 64.7 cm³/mol. The van der Waals surface area contributed by atoms with Crippen LogP contribution in [0.2, 0.25) is 0 Å². The Kier molecular flexibility index (Phi) is 2.70. The maximum absolute atomic E-state index is 12.2. The maximum Gasteiger partial charge on any atom is 0.254 e. The van der Waals surface area contributed by atoms with E-state index in [2.05, 4.69) is 5.32 Å². The number of carbonyl (C=O) groups is 3. The highest BCUT2D eigenvalue weighted by molar-refractivity contribution is 6.05. The first-order chi connectivity index (χ1) is 9.13. The summed E-state index contributed by atoms with van der Waals surface area (Å²) in [5.74, 6) is -0.412. The molecule has 3 rings (SSSR count). The Morgan fingerprint density at radius 1 is 1.21 bits per heavy atom. The number of carbonyl (C=O) groups excluding carboxylic acids is 3. The number of fused-ring (bicyclic) bond motifs is 1. The van der Waals surface area contributed by atoms with Gasteiger partial charge in [0, 0.05) is 12.0 Å². The molecular formula is C13H12N2O4. The van der Waals surface area contributed by atoms with Gasteiger partial charge >= 0.3 is 0 Å². The molecule has 1 fully saturated rings. The smallest absolute Gasteiger partial charge is 0.254 e. The van der Waals surface area contributed by atoms with Crippen molar-refractivity contribution in [1.29, 1.82) is 0 Å². The Labute approximate surface area is 109 Å². The molecule has 2 aliphatic rings. The molecule has 1 aromatic carbocycles. The predicted octanol–water partition coefficient (Wildman–Crippen LogP) is -0.280. The molecule has 0 aliphatic carbocycles. The molecule has 3 amide bonds. The van der Waals surface area contributed by atoms with E-state index in [4.69, 9.17) is 4.74 Å². The number of hydrogen-bond donors (Lipinski definition) is 1. The lowest BCUT2D eigenvalue weighted by Gasteiger charge is -2.25. The molecule has 0 radical (unpaired) electrons. The lowest BCUT2D eigenvalue weighted by Crippen LogP contribution is -2.53. The van der Waals surface area contributed by atoms with Crippen LogP contribution in [0.5, 0.6) is 5.75 Å². The van der Waals surface area contributed by atoms with Crippen LogP contribution in [0.3, 0.4) is 0 Å². The quantitative estimate of drug-likeness (QED) is 0.705. The number of nitrogens with one attached hydrogen (secondary N) is 1. The van der Waals surface area contributed by atoms with Gasteiger partial charge < -0.3 is 9.64 Å².